The van der Waals surface area contributed by atoms with Crippen LogP contribution >= 0.6 is 11.3 Å². The zero-order chi connectivity index (χ0) is 29.8. The lowest BCUT2D eigenvalue weighted by Crippen LogP contribution is -2.40. The van der Waals surface area contributed by atoms with Crippen molar-refractivity contribution in [1.29, 1.82) is 0 Å². The second kappa shape index (κ2) is 12.3. The highest BCUT2D eigenvalue weighted by Gasteiger charge is 2.34. The minimum Gasteiger partial charge on any atom is -0.493 e. The second-order valence-electron chi connectivity index (χ2n) is 9.74. The number of thiazole rings is 1. The zero-order valence-electron chi connectivity index (χ0n) is 23.5. The van der Waals surface area contributed by atoms with Gasteiger partial charge in [0.2, 0.25) is 0 Å². The zero-order valence-corrected chi connectivity index (χ0v) is 24.4. The summed E-state index contributed by atoms with van der Waals surface area (Å²) in [6, 6.07) is 10.7. The van der Waals surface area contributed by atoms with Gasteiger partial charge < -0.3 is 18.9 Å². The number of hydrogen-bond donors (Lipinski definition) is 0. The van der Waals surface area contributed by atoms with E-state index in [0.29, 0.717) is 31.9 Å². The first-order valence-corrected chi connectivity index (χ1v) is 13.6. The van der Waals surface area contributed by atoms with Crippen LogP contribution in [0.1, 0.15) is 51.8 Å². The van der Waals surface area contributed by atoms with Crippen molar-refractivity contribution in [3.8, 4) is 17.2 Å². The predicted octanol–water partition coefficient (Wildman–Crippen LogP) is 3.29. The summed E-state index contributed by atoms with van der Waals surface area (Å²) in [7, 11) is 1.43. The molecule has 4 rings (SSSR count). The van der Waals surface area contributed by atoms with E-state index in [1.807, 2.05) is 13.8 Å². The Hall–Kier alpha value is -4.51. The summed E-state index contributed by atoms with van der Waals surface area (Å²) in [4.78, 5) is 55.3. The number of hydrogen-bond acceptors (Lipinski definition) is 10. The number of allylic oxidation sites excluding steroid dienone is 1. The number of esters is 3. The van der Waals surface area contributed by atoms with Crippen LogP contribution in [0.3, 0.4) is 0 Å². The number of rotatable bonds is 8. The molecule has 1 aliphatic rings. The van der Waals surface area contributed by atoms with E-state index < -0.39 is 23.9 Å². The number of carbonyl (C=O) groups excluding carboxylic acids is 3. The van der Waals surface area contributed by atoms with Gasteiger partial charge in [-0.2, -0.15) is 0 Å². The third kappa shape index (κ3) is 6.63. The van der Waals surface area contributed by atoms with Crippen LogP contribution in [-0.2, 0) is 19.1 Å². The fourth-order valence-corrected chi connectivity index (χ4v) is 5.34. The maximum Gasteiger partial charge on any atom is 0.338 e. The minimum atomic E-state index is -0.888. The summed E-state index contributed by atoms with van der Waals surface area (Å²) in [6.45, 7) is 8.34. The molecule has 0 N–H and O–H groups in total. The lowest BCUT2D eigenvalue weighted by Gasteiger charge is -2.25. The number of benzene rings is 2. The van der Waals surface area contributed by atoms with Gasteiger partial charge in [-0.25, -0.2) is 9.79 Å². The molecule has 0 saturated heterocycles. The van der Waals surface area contributed by atoms with Crippen LogP contribution in [0, 0.1) is 5.92 Å². The van der Waals surface area contributed by atoms with E-state index in [-0.39, 0.29) is 35.2 Å². The van der Waals surface area contributed by atoms with Gasteiger partial charge in [-0.05, 0) is 54.3 Å². The molecule has 2 heterocycles. The molecule has 0 saturated carbocycles. The molecule has 0 spiro atoms. The fraction of sp³-hybridized carbons (Fsp3) is 0.300. The largest absolute Gasteiger partial charge is 0.493 e. The van der Waals surface area contributed by atoms with Crippen molar-refractivity contribution in [2.75, 3.05) is 13.7 Å². The van der Waals surface area contributed by atoms with E-state index >= 15 is 0 Å². The van der Waals surface area contributed by atoms with E-state index in [1.54, 1.807) is 55.5 Å². The highest BCUT2D eigenvalue weighted by molar-refractivity contribution is 7.07. The van der Waals surface area contributed by atoms with Gasteiger partial charge in [0.15, 0.2) is 16.3 Å². The second-order valence-corrected chi connectivity index (χ2v) is 10.8. The Labute approximate surface area is 240 Å². The Morgan fingerprint density at radius 1 is 1.05 bits per heavy atom. The molecule has 0 amide bonds. The van der Waals surface area contributed by atoms with Gasteiger partial charge in [-0.15, -0.1) is 0 Å². The average Bonchev–Trinajstić information content (AvgIpc) is 3.20. The van der Waals surface area contributed by atoms with Crippen LogP contribution in [0.25, 0.3) is 6.08 Å². The van der Waals surface area contributed by atoms with Crippen molar-refractivity contribution in [2.45, 2.75) is 40.7 Å². The molecule has 214 valence electrons. The molecular formula is C30H30N2O8S. The molecule has 11 heteroatoms. The van der Waals surface area contributed by atoms with E-state index in [4.69, 9.17) is 18.9 Å². The Bertz CT molecular complexity index is 1730. The summed E-state index contributed by atoms with van der Waals surface area (Å²) in [5.41, 5.74) is 1.43. The normalized spacial score (nSPS) is 14.8. The van der Waals surface area contributed by atoms with Crippen molar-refractivity contribution < 1.29 is 33.3 Å². The molecule has 0 unspecified atom stereocenters. The number of ether oxygens (including phenoxy) is 4. The molecule has 0 bridgehead atoms. The standard InChI is InChI=1S/C30H30N2O8S/c1-16(2)15-38-29(36)26-17(3)31-30-32(27(26)21-10-11-23(40-19(5)34)24(14-21)37-6)28(35)25(41-30)13-20-8-7-9-22(12-20)39-18(4)33/h7-14,16,27H,15H2,1-6H3/b25-13-/t27-/m0/s1. The van der Waals surface area contributed by atoms with Gasteiger partial charge in [-0.1, -0.05) is 43.4 Å². The maximum atomic E-state index is 13.9. The molecule has 2 aromatic carbocycles. The Kier molecular flexibility index (Phi) is 8.87. The first-order valence-electron chi connectivity index (χ1n) is 12.8. The summed E-state index contributed by atoms with van der Waals surface area (Å²) in [5.74, 6) is -0.649. The van der Waals surface area contributed by atoms with Crippen molar-refractivity contribution in [1.82, 2.24) is 4.57 Å². The maximum absolute atomic E-state index is 13.9. The first-order chi connectivity index (χ1) is 19.5. The Balaban J connectivity index is 1.90. The van der Waals surface area contributed by atoms with Crippen molar-refractivity contribution in [3.63, 3.8) is 0 Å². The van der Waals surface area contributed by atoms with Crippen molar-refractivity contribution in [3.05, 3.63) is 84.5 Å². The quantitative estimate of drug-likeness (QED) is 0.295. The van der Waals surface area contributed by atoms with E-state index in [9.17, 15) is 19.2 Å². The molecule has 10 nitrogen and oxygen atoms in total. The van der Waals surface area contributed by atoms with E-state index in [1.165, 1.54) is 36.9 Å². The monoisotopic (exact) mass is 578 g/mol. The number of methoxy groups -OCH3 is 1. The van der Waals surface area contributed by atoms with Crippen LogP contribution in [0.5, 0.6) is 17.2 Å². The van der Waals surface area contributed by atoms with Crippen LogP contribution in [0.15, 0.2) is 63.5 Å². The molecule has 0 radical (unpaired) electrons. The van der Waals surface area contributed by atoms with Crippen molar-refractivity contribution >= 4 is 35.3 Å². The third-order valence-corrected chi connectivity index (χ3v) is 6.95. The van der Waals surface area contributed by atoms with Gasteiger partial charge in [-0.3, -0.25) is 19.0 Å². The summed E-state index contributed by atoms with van der Waals surface area (Å²) >= 11 is 1.17. The topological polar surface area (TPSA) is 122 Å². The van der Waals surface area contributed by atoms with Gasteiger partial charge in [0.25, 0.3) is 5.56 Å². The summed E-state index contributed by atoms with van der Waals surface area (Å²) < 4.78 is 23.3. The molecular weight excluding hydrogens is 548 g/mol. The number of nitrogens with zero attached hydrogens (tertiary/aromatic N) is 2. The van der Waals surface area contributed by atoms with Gasteiger partial charge in [0.05, 0.1) is 35.6 Å². The average molecular weight is 579 g/mol. The van der Waals surface area contributed by atoms with Gasteiger partial charge in [0.1, 0.15) is 5.75 Å². The Morgan fingerprint density at radius 2 is 1.78 bits per heavy atom. The first kappa shape index (κ1) is 29.5. The third-order valence-electron chi connectivity index (χ3n) is 5.96. The SMILES string of the molecule is COc1cc([C@H]2C(C(=O)OCC(C)C)=C(C)N=c3s/c(=C\c4cccc(OC(C)=O)c4)c(=O)n32)ccc1OC(C)=O. The summed E-state index contributed by atoms with van der Waals surface area (Å²) in [6.07, 6.45) is 1.67. The predicted molar refractivity (Wildman–Crippen MR) is 152 cm³/mol. The van der Waals surface area contributed by atoms with Crippen LogP contribution < -0.4 is 29.1 Å². The van der Waals surface area contributed by atoms with Crippen LogP contribution in [-0.4, -0.2) is 36.2 Å². The lowest BCUT2D eigenvalue weighted by atomic mass is 9.95. The molecule has 1 aliphatic heterocycles. The molecule has 41 heavy (non-hydrogen) atoms. The molecule has 3 aromatic rings. The van der Waals surface area contributed by atoms with E-state index in [0.717, 1.165) is 0 Å². The minimum absolute atomic E-state index is 0.102. The summed E-state index contributed by atoms with van der Waals surface area (Å²) in [5, 5.41) is 0. The molecule has 1 aromatic heterocycles. The van der Waals surface area contributed by atoms with Crippen LogP contribution in [0.2, 0.25) is 0 Å². The van der Waals surface area contributed by atoms with Crippen LogP contribution in [0.4, 0.5) is 0 Å². The smallest absolute Gasteiger partial charge is 0.338 e. The Morgan fingerprint density at radius 3 is 2.44 bits per heavy atom. The molecule has 0 fully saturated rings. The number of fused-ring (bicyclic) bond motifs is 1. The number of aromatic nitrogens is 1. The van der Waals surface area contributed by atoms with Gasteiger partial charge in [0, 0.05) is 13.8 Å². The van der Waals surface area contributed by atoms with Crippen molar-refractivity contribution in [2.24, 2.45) is 10.9 Å². The fourth-order valence-electron chi connectivity index (χ4n) is 4.30. The lowest BCUT2D eigenvalue weighted by molar-refractivity contribution is -0.140. The molecule has 1 atom stereocenters. The highest BCUT2D eigenvalue weighted by atomic mass is 32.1. The van der Waals surface area contributed by atoms with E-state index in [2.05, 4.69) is 4.99 Å². The molecule has 0 aliphatic carbocycles. The highest BCUT2D eigenvalue weighted by Crippen LogP contribution is 2.36. The number of carbonyl (C=O) groups is 3. The van der Waals surface area contributed by atoms with Gasteiger partial charge >= 0.3 is 17.9 Å².